The smallest absolute Gasteiger partial charge is 0.0246 e. The van der Waals surface area contributed by atoms with Crippen LogP contribution in [0.2, 0.25) is 0 Å². The van der Waals surface area contributed by atoms with Gasteiger partial charge in [0.1, 0.15) is 0 Å². The summed E-state index contributed by atoms with van der Waals surface area (Å²) in [7, 11) is 0. The highest BCUT2D eigenvalue weighted by Gasteiger charge is 2.15. The number of rotatable bonds is 8. The maximum atomic E-state index is 3.66. The van der Waals surface area contributed by atoms with Crippen molar-refractivity contribution in [1.82, 2.24) is 5.32 Å². The molecule has 0 radical (unpaired) electrons. The predicted molar refractivity (Wildman–Crippen MR) is 82.6 cm³/mol. The lowest BCUT2D eigenvalue weighted by Crippen LogP contribution is -2.35. The standard InChI is InChI=1S/C17H33N/c1-7-9-11-15(3)16(18-14-8-2)12-10-13-17(4,5)6/h15-16,18H,7-9,11-12,14H2,1-6H3. The van der Waals surface area contributed by atoms with Gasteiger partial charge in [0, 0.05) is 17.9 Å². The lowest BCUT2D eigenvalue weighted by Gasteiger charge is -2.23. The normalized spacial score (nSPS) is 14.8. The fourth-order valence-electron chi connectivity index (χ4n) is 1.96. The van der Waals surface area contributed by atoms with Crippen LogP contribution in [0.5, 0.6) is 0 Å². The lowest BCUT2D eigenvalue weighted by molar-refractivity contribution is 0.354. The molecule has 0 spiro atoms. The quantitative estimate of drug-likeness (QED) is 0.621. The van der Waals surface area contributed by atoms with E-state index in [4.69, 9.17) is 0 Å². The Labute approximate surface area is 115 Å². The summed E-state index contributed by atoms with van der Waals surface area (Å²) in [5.74, 6) is 7.46. The molecule has 1 heteroatoms. The van der Waals surface area contributed by atoms with E-state index in [1.807, 2.05) is 0 Å². The summed E-state index contributed by atoms with van der Waals surface area (Å²) >= 11 is 0. The van der Waals surface area contributed by atoms with E-state index in [2.05, 4.69) is 58.7 Å². The average Bonchev–Trinajstić information content (AvgIpc) is 2.29. The van der Waals surface area contributed by atoms with Crippen LogP contribution >= 0.6 is 0 Å². The maximum absolute atomic E-state index is 3.66. The first-order valence-electron chi connectivity index (χ1n) is 7.64. The molecule has 18 heavy (non-hydrogen) atoms. The molecule has 106 valence electrons. The Morgan fingerprint density at radius 1 is 1.11 bits per heavy atom. The van der Waals surface area contributed by atoms with Crippen LogP contribution in [0.15, 0.2) is 0 Å². The Morgan fingerprint density at radius 2 is 1.78 bits per heavy atom. The van der Waals surface area contributed by atoms with Crippen molar-refractivity contribution < 1.29 is 0 Å². The third-order valence-electron chi connectivity index (χ3n) is 3.14. The van der Waals surface area contributed by atoms with Gasteiger partial charge in [-0.25, -0.2) is 0 Å². The summed E-state index contributed by atoms with van der Waals surface area (Å²) in [6.07, 6.45) is 6.12. The molecule has 1 N–H and O–H groups in total. The minimum atomic E-state index is 0.127. The molecule has 0 aromatic carbocycles. The third-order valence-corrected chi connectivity index (χ3v) is 3.14. The van der Waals surface area contributed by atoms with Crippen LogP contribution in [0, 0.1) is 23.2 Å². The van der Waals surface area contributed by atoms with Gasteiger partial charge in [-0.2, -0.15) is 0 Å². The molecule has 0 aliphatic rings. The van der Waals surface area contributed by atoms with Crippen molar-refractivity contribution >= 4 is 0 Å². The molecule has 2 atom stereocenters. The van der Waals surface area contributed by atoms with E-state index in [-0.39, 0.29) is 5.41 Å². The van der Waals surface area contributed by atoms with Crippen molar-refractivity contribution in [2.24, 2.45) is 11.3 Å². The Kier molecular flexibility index (Phi) is 9.20. The van der Waals surface area contributed by atoms with E-state index in [1.54, 1.807) is 0 Å². The zero-order valence-electron chi connectivity index (χ0n) is 13.4. The van der Waals surface area contributed by atoms with Crippen molar-refractivity contribution in [2.45, 2.75) is 79.7 Å². The Bertz CT molecular complexity index is 251. The second kappa shape index (κ2) is 9.45. The molecule has 0 saturated heterocycles. The Hall–Kier alpha value is -0.480. The molecular weight excluding hydrogens is 218 g/mol. The van der Waals surface area contributed by atoms with Crippen LogP contribution in [-0.2, 0) is 0 Å². The first-order chi connectivity index (χ1) is 8.40. The van der Waals surface area contributed by atoms with Crippen molar-refractivity contribution in [3.8, 4) is 11.8 Å². The fraction of sp³-hybridized carbons (Fsp3) is 0.882. The van der Waals surface area contributed by atoms with Crippen molar-refractivity contribution in [1.29, 1.82) is 0 Å². The van der Waals surface area contributed by atoms with Gasteiger partial charge in [0.2, 0.25) is 0 Å². The molecule has 0 fully saturated rings. The van der Waals surface area contributed by atoms with Crippen molar-refractivity contribution in [3.05, 3.63) is 0 Å². The highest BCUT2D eigenvalue weighted by atomic mass is 14.9. The SMILES string of the molecule is CCCCC(C)C(CC#CC(C)(C)C)NCCC. The van der Waals surface area contributed by atoms with Crippen LogP contribution in [0.25, 0.3) is 0 Å². The highest BCUT2D eigenvalue weighted by molar-refractivity contribution is 5.08. The first kappa shape index (κ1) is 17.5. The fourth-order valence-corrected chi connectivity index (χ4v) is 1.96. The lowest BCUT2D eigenvalue weighted by atomic mass is 9.92. The molecule has 0 rings (SSSR count). The summed E-state index contributed by atoms with van der Waals surface area (Å²) < 4.78 is 0. The first-order valence-corrected chi connectivity index (χ1v) is 7.64. The van der Waals surface area contributed by atoms with Gasteiger partial charge in [-0.3, -0.25) is 0 Å². The molecular formula is C17H33N. The van der Waals surface area contributed by atoms with Gasteiger partial charge in [0.05, 0.1) is 0 Å². The van der Waals surface area contributed by atoms with E-state index >= 15 is 0 Å². The zero-order chi connectivity index (χ0) is 14.0. The van der Waals surface area contributed by atoms with Crippen LogP contribution in [0.3, 0.4) is 0 Å². The Balaban J connectivity index is 4.32. The predicted octanol–water partition coefficient (Wildman–Crippen LogP) is 4.62. The van der Waals surface area contributed by atoms with Crippen molar-refractivity contribution in [3.63, 3.8) is 0 Å². The summed E-state index contributed by atoms with van der Waals surface area (Å²) in [5, 5.41) is 3.66. The van der Waals surface area contributed by atoms with Gasteiger partial charge in [-0.15, -0.1) is 5.92 Å². The van der Waals surface area contributed by atoms with E-state index < -0.39 is 0 Å². The molecule has 0 saturated carbocycles. The minimum absolute atomic E-state index is 0.127. The summed E-state index contributed by atoms with van der Waals surface area (Å²) in [6, 6.07) is 0.561. The Morgan fingerprint density at radius 3 is 2.28 bits per heavy atom. The highest BCUT2D eigenvalue weighted by Crippen LogP contribution is 2.16. The molecule has 0 heterocycles. The van der Waals surface area contributed by atoms with Gasteiger partial charge in [-0.05, 0) is 46.1 Å². The van der Waals surface area contributed by atoms with E-state index in [9.17, 15) is 0 Å². The number of nitrogens with one attached hydrogen (secondary N) is 1. The van der Waals surface area contributed by atoms with E-state index in [0.29, 0.717) is 6.04 Å². The monoisotopic (exact) mass is 251 g/mol. The topological polar surface area (TPSA) is 12.0 Å². The second-order valence-electron chi connectivity index (χ2n) is 6.44. The minimum Gasteiger partial charge on any atom is -0.313 e. The zero-order valence-corrected chi connectivity index (χ0v) is 13.4. The molecule has 0 bridgehead atoms. The molecule has 2 unspecified atom stereocenters. The summed E-state index contributed by atoms with van der Waals surface area (Å²) in [5.41, 5.74) is 0.127. The summed E-state index contributed by atoms with van der Waals surface area (Å²) in [6.45, 7) is 14.5. The second-order valence-corrected chi connectivity index (χ2v) is 6.44. The van der Waals surface area contributed by atoms with Crippen LogP contribution in [0.1, 0.15) is 73.6 Å². The molecule has 0 aromatic heterocycles. The average molecular weight is 251 g/mol. The molecule has 1 nitrogen and oxygen atoms in total. The largest absolute Gasteiger partial charge is 0.313 e. The van der Waals surface area contributed by atoms with Gasteiger partial charge in [0.25, 0.3) is 0 Å². The van der Waals surface area contributed by atoms with Crippen LogP contribution in [0.4, 0.5) is 0 Å². The van der Waals surface area contributed by atoms with Gasteiger partial charge >= 0.3 is 0 Å². The van der Waals surface area contributed by atoms with E-state index in [0.717, 1.165) is 18.9 Å². The number of hydrogen-bond donors (Lipinski definition) is 1. The van der Waals surface area contributed by atoms with Crippen LogP contribution < -0.4 is 5.32 Å². The third kappa shape index (κ3) is 9.54. The van der Waals surface area contributed by atoms with Gasteiger partial charge in [0.15, 0.2) is 0 Å². The number of unbranched alkanes of at least 4 members (excludes halogenated alkanes) is 1. The van der Waals surface area contributed by atoms with Crippen LogP contribution in [-0.4, -0.2) is 12.6 Å². The van der Waals surface area contributed by atoms with E-state index in [1.165, 1.54) is 25.7 Å². The molecule has 0 aliphatic carbocycles. The molecule has 0 aliphatic heterocycles. The van der Waals surface area contributed by atoms with Gasteiger partial charge < -0.3 is 5.32 Å². The summed E-state index contributed by atoms with van der Waals surface area (Å²) in [4.78, 5) is 0. The van der Waals surface area contributed by atoms with Gasteiger partial charge in [-0.1, -0.05) is 39.5 Å². The molecule has 0 aromatic rings. The number of hydrogen-bond acceptors (Lipinski definition) is 1. The maximum Gasteiger partial charge on any atom is 0.0246 e. The van der Waals surface area contributed by atoms with Crippen molar-refractivity contribution in [2.75, 3.05) is 6.54 Å². The molecule has 0 amide bonds.